The van der Waals surface area contributed by atoms with Gasteiger partial charge in [-0.15, -0.1) is 0 Å². The summed E-state index contributed by atoms with van der Waals surface area (Å²) in [5, 5.41) is 6.88. The summed E-state index contributed by atoms with van der Waals surface area (Å²) >= 11 is 1.94. The van der Waals surface area contributed by atoms with Crippen molar-refractivity contribution < 1.29 is 4.79 Å². The Morgan fingerprint density at radius 3 is 2.90 bits per heavy atom. The summed E-state index contributed by atoms with van der Waals surface area (Å²) in [6, 6.07) is 5.84. The Kier molecular flexibility index (Phi) is 5.17. The predicted molar refractivity (Wildman–Crippen MR) is 87.4 cm³/mol. The van der Waals surface area contributed by atoms with Crippen LogP contribution in [0.3, 0.4) is 0 Å². The number of thioether (sulfide) groups is 1. The lowest BCUT2D eigenvalue weighted by molar-refractivity contribution is 0.0963. The largest absolute Gasteiger partial charge is 0.397 e. The van der Waals surface area contributed by atoms with E-state index in [0.29, 0.717) is 17.3 Å². The molecule has 1 aliphatic carbocycles. The lowest BCUT2D eigenvalue weighted by Gasteiger charge is -2.30. The third-order valence-corrected chi connectivity index (χ3v) is 4.96. The van der Waals surface area contributed by atoms with E-state index in [1.54, 1.807) is 19.2 Å². The summed E-state index contributed by atoms with van der Waals surface area (Å²) in [7, 11) is 1.63. The van der Waals surface area contributed by atoms with Gasteiger partial charge in [-0.25, -0.2) is 0 Å². The van der Waals surface area contributed by atoms with Crippen LogP contribution in [0.2, 0.25) is 0 Å². The summed E-state index contributed by atoms with van der Waals surface area (Å²) in [4.78, 5) is 11.7. The number of carbonyl (C=O) groups is 1. The van der Waals surface area contributed by atoms with Gasteiger partial charge in [0.25, 0.3) is 5.91 Å². The zero-order valence-corrected chi connectivity index (χ0v) is 12.9. The molecule has 2 rings (SSSR count). The molecule has 4 nitrogen and oxygen atoms in total. The first kappa shape index (κ1) is 15.0. The van der Waals surface area contributed by atoms with Crippen LogP contribution in [0.4, 0.5) is 11.4 Å². The topological polar surface area (TPSA) is 67.2 Å². The summed E-state index contributed by atoms with van der Waals surface area (Å²) < 4.78 is 0. The van der Waals surface area contributed by atoms with Crippen LogP contribution in [-0.4, -0.2) is 30.5 Å². The Balaban J connectivity index is 2.10. The predicted octanol–water partition coefficient (Wildman–Crippen LogP) is 2.71. The number of anilines is 2. The maximum atomic E-state index is 11.7. The number of nitrogen functional groups attached to an aromatic ring is 1. The monoisotopic (exact) mass is 293 g/mol. The van der Waals surface area contributed by atoms with Crippen molar-refractivity contribution in [2.45, 2.75) is 37.0 Å². The molecule has 1 fully saturated rings. The summed E-state index contributed by atoms with van der Waals surface area (Å²) in [5.74, 6) is -0.0846. The van der Waals surface area contributed by atoms with Crippen LogP contribution in [0.25, 0.3) is 0 Å². The highest BCUT2D eigenvalue weighted by Gasteiger charge is 2.21. The van der Waals surface area contributed by atoms with Gasteiger partial charge in [-0.1, -0.05) is 6.42 Å². The third-order valence-electron chi connectivity index (χ3n) is 3.86. The van der Waals surface area contributed by atoms with Gasteiger partial charge in [0.15, 0.2) is 0 Å². The van der Waals surface area contributed by atoms with Gasteiger partial charge in [0.1, 0.15) is 0 Å². The van der Waals surface area contributed by atoms with Crippen molar-refractivity contribution in [2.75, 3.05) is 24.4 Å². The van der Waals surface area contributed by atoms with E-state index in [1.807, 2.05) is 17.8 Å². The molecule has 4 N–H and O–H groups in total. The maximum absolute atomic E-state index is 11.7. The molecule has 1 saturated carbocycles. The Labute approximate surface area is 124 Å². The second kappa shape index (κ2) is 6.88. The van der Waals surface area contributed by atoms with E-state index in [1.165, 1.54) is 19.3 Å². The molecule has 0 radical (unpaired) electrons. The third kappa shape index (κ3) is 3.60. The Bertz CT molecular complexity index is 478. The highest BCUT2D eigenvalue weighted by molar-refractivity contribution is 7.99. The van der Waals surface area contributed by atoms with E-state index in [9.17, 15) is 4.79 Å². The fourth-order valence-electron chi connectivity index (χ4n) is 2.68. The van der Waals surface area contributed by atoms with Crippen molar-refractivity contribution in [2.24, 2.45) is 0 Å². The van der Waals surface area contributed by atoms with E-state index in [2.05, 4.69) is 16.9 Å². The number of hydrogen-bond donors (Lipinski definition) is 3. The normalized spacial score (nSPS) is 22.3. The van der Waals surface area contributed by atoms with E-state index < -0.39 is 0 Å². The smallest absolute Gasteiger partial charge is 0.251 e. The molecule has 1 aromatic rings. The van der Waals surface area contributed by atoms with Crippen LogP contribution >= 0.6 is 11.8 Å². The first-order chi connectivity index (χ1) is 9.63. The molecule has 0 heterocycles. The molecule has 1 aliphatic rings. The molecule has 0 spiro atoms. The first-order valence-corrected chi connectivity index (χ1v) is 8.33. The molecule has 5 heteroatoms. The Hall–Kier alpha value is -1.36. The van der Waals surface area contributed by atoms with Crippen LogP contribution in [0.1, 0.15) is 36.0 Å². The molecular weight excluding hydrogens is 270 g/mol. The molecular formula is C15H23N3OS. The molecule has 2 atom stereocenters. The van der Waals surface area contributed by atoms with Crippen LogP contribution in [0.5, 0.6) is 0 Å². The van der Waals surface area contributed by atoms with Gasteiger partial charge < -0.3 is 16.4 Å². The second-order valence-electron chi connectivity index (χ2n) is 5.25. The van der Waals surface area contributed by atoms with Gasteiger partial charge in [0, 0.05) is 23.9 Å². The molecule has 20 heavy (non-hydrogen) atoms. The van der Waals surface area contributed by atoms with Gasteiger partial charge in [-0.05, 0) is 43.7 Å². The van der Waals surface area contributed by atoms with E-state index in [-0.39, 0.29) is 5.91 Å². The average molecular weight is 293 g/mol. The minimum absolute atomic E-state index is 0.0846. The SMILES string of the molecule is CNC(=O)c1ccc(N)c(NC2CCCC(SC)C2)c1. The van der Waals surface area contributed by atoms with Gasteiger partial charge >= 0.3 is 0 Å². The Morgan fingerprint density at radius 1 is 1.40 bits per heavy atom. The fourth-order valence-corrected chi connectivity index (χ4v) is 3.50. The molecule has 2 unspecified atom stereocenters. The van der Waals surface area contributed by atoms with Gasteiger partial charge in [-0.3, -0.25) is 4.79 Å². The number of amides is 1. The first-order valence-electron chi connectivity index (χ1n) is 7.05. The van der Waals surface area contributed by atoms with Gasteiger partial charge in [0.05, 0.1) is 11.4 Å². The number of nitrogens with one attached hydrogen (secondary N) is 2. The second-order valence-corrected chi connectivity index (χ2v) is 6.38. The lowest BCUT2D eigenvalue weighted by atomic mass is 9.94. The van der Waals surface area contributed by atoms with E-state index >= 15 is 0 Å². The molecule has 0 aliphatic heterocycles. The van der Waals surface area contributed by atoms with Crippen LogP contribution in [0.15, 0.2) is 18.2 Å². The highest BCUT2D eigenvalue weighted by Crippen LogP contribution is 2.30. The summed E-state index contributed by atoms with van der Waals surface area (Å²) in [5.41, 5.74) is 8.23. The average Bonchev–Trinajstić information content (AvgIpc) is 2.49. The molecule has 0 saturated heterocycles. The zero-order chi connectivity index (χ0) is 14.5. The summed E-state index contributed by atoms with van der Waals surface area (Å²) in [6.07, 6.45) is 7.05. The van der Waals surface area contributed by atoms with Crippen molar-refractivity contribution in [3.63, 3.8) is 0 Å². The van der Waals surface area contributed by atoms with Crippen LogP contribution in [-0.2, 0) is 0 Å². The number of hydrogen-bond acceptors (Lipinski definition) is 4. The zero-order valence-electron chi connectivity index (χ0n) is 12.1. The number of nitrogens with two attached hydrogens (primary N) is 1. The fraction of sp³-hybridized carbons (Fsp3) is 0.533. The summed E-state index contributed by atoms with van der Waals surface area (Å²) in [6.45, 7) is 0. The molecule has 1 amide bonds. The molecule has 1 aromatic carbocycles. The van der Waals surface area contributed by atoms with Crippen LogP contribution < -0.4 is 16.4 Å². The standard InChI is InChI=1S/C15H23N3OS/c1-17-15(19)10-6-7-13(16)14(8-10)18-11-4-3-5-12(9-11)20-2/h6-8,11-12,18H,3-5,9,16H2,1-2H3,(H,17,19). The minimum atomic E-state index is -0.0846. The molecule has 0 bridgehead atoms. The minimum Gasteiger partial charge on any atom is -0.397 e. The van der Waals surface area contributed by atoms with Crippen LogP contribution in [0, 0.1) is 0 Å². The lowest BCUT2D eigenvalue weighted by Crippen LogP contribution is -2.29. The highest BCUT2D eigenvalue weighted by atomic mass is 32.2. The maximum Gasteiger partial charge on any atom is 0.251 e. The number of carbonyl (C=O) groups excluding carboxylic acids is 1. The van der Waals surface area contributed by atoms with Crippen molar-refractivity contribution >= 4 is 29.0 Å². The molecule has 0 aromatic heterocycles. The van der Waals surface area contributed by atoms with Crippen molar-refractivity contribution in [1.29, 1.82) is 0 Å². The molecule has 110 valence electrons. The van der Waals surface area contributed by atoms with E-state index in [4.69, 9.17) is 5.73 Å². The van der Waals surface area contributed by atoms with E-state index in [0.717, 1.165) is 17.4 Å². The quantitative estimate of drug-likeness (QED) is 0.747. The van der Waals surface area contributed by atoms with Crippen molar-refractivity contribution in [3.05, 3.63) is 23.8 Å². The number of benzene rings is 1. The van der Waals surface area contributed by atoms with Gasteiger partial charge in [-0.2, -0.15) is 11.8 Å². The van der Waals surface area contributed by atoms with Crippen molar-refractivity contribution in [1.82, 2.24) is 5.32 Å². The number of rotatable bonds is 4. The van der Waals surface area contributed by atoms with Crippen molar-refractivity contribution in [3.8, 4) is 0 Å². The van der Waals surface area contributed by atoms with Gasteiger partial charge in [0.2, 0.25) is 0 Å². The Morgan fingerprint density at radius 2 is 2.20 bits per heavy atom.